The number of carbonyl (C=O) groups is 2. The zero-order chi connectivity index (χ0) is 20.1. The van der Waals surface area contributed by atoms with E-state index in [0.717, 1.165) is 17.3 Å². The molecule has 2 aromatic rings. The van der Waals surface area contributed by atoms with Crippen LogP contribution in [0.4, 0.5) is 5.69 Å². The highest BCUT2D eigenvalue weighted by molar-refractivity contribution is 8.14. The predicted molar refractivity (Wildman–Crippen MR) is 112 cm³/mol. The van der Waals surface area contributed by atoms with Gasteiger partial charge in [-0.3, -0.25) is 9.59 Å². The quantitative estimate of drug-likeness (QED) is 0.363. The van der Waals surface area contributed by atoms with Gasteiger partial charge in [-0.05, 0) is 36.8 Å². The topological polar surface area (TPSA) is 97.3 Å². The first-order valence-electron chi connectivity index (χ1n) is 8.60. The van der Waals surface area contributed by atoms with E-state index in [4.69, 9.17) is 10.5 Å². The van der Waals surface area contributed by atoms with Crippen molar-refractivity contribution in [1.82, 2.24) is 0 Å². The molecule has 0 saturated carbocycles. The molecule has 0 aliphatic carbocycles. The van der Waals surface area contributed by atoms with E-state index in [1.807, 2.05) is 37.3 Å². The van der Waals surface area contributed by atoms with Gasteiger partial charge >= 0.3 is 0 Å². The minimum absolute atomic E-state index is 0.0626. The number of rotatable bonds is 5. The Bertz CT molecular complexity index is 926. The highest BCUT2D eigenvalue weighted by Gasteiger charge is 2.40. The maximum absolute atomic E-state index is 12.7. The molecule has 1 heterocycles. The number of anilines is 1. The largest absolute Gasteiger partial charge is 0.497 e. The third-order valence-corrected chi connectivity index (χ3v) is 5.16. The van der Waals surface area contributed by atoms with Crippen LogP contribution in [0.15, 0.2) is 64.8 Å². The zero-order valence-corrected chi connectivity index (χ0v) is 16.3. The van der Waals surface area contributed by atoms with Gasteiger partial charge in [0.05, 0.1) is 18.5 Å². The Hall–Kier alpha value is -3.13. The van der Waals surface area contributed by atoms with Crippen molar-refractivity contribution in [3.05, 3.63) is 60.2 Å². The Balaban J connectivity index is 1.69. The molecule has 0 unspecified atom stereocenters. The second-order valence-corrected chi connectivity index (χ2v) is 7.29. The molecule has 1 fully saturated rings. The minimum atomic E-state index is -0.620. The number of amidine groups is 1. The standard InChI is InChI=1S/C20H20N4O3S/c1-13(14-6-4-3-5-7-14)22-23-20(21)28-17-12-18(25)24(19(17)26)15-8-10-16(27-2)11-9-15/h3-11,17H,12H2,1-2H3,(H2,21,23)/b22-13-/t17-/m0/s1. The van der Waals surface area contributed by atoms with Crippen molar-refractivity contribution in [2.75, 3.05) is 12.0 Å². The van der Waals surface area contributed by atoms with E-state index in [-0.39, 0.29) is 23.4 Å². The van der Waals surface area contributed by atoms with Gasteiger partial charge in [-0.1, -0.05) is 42.1 Å². The minimum Gasteiger partial charge on any atom is -0.497 e. The van der Waals surface area contributed by atoms with Gasteiger partial charge in [-0.15, -0.1) is 5.10 Å². The fourth-order valence-corrected chi connectivity index (χ4v) is 3.54. The van der Waals surface area contributed by atoms with Crippen LogP contribution < -0.4 is 15.4 Å². The van der Waals surface area contributed by atoms with Crippen LogP contribution in [0.5, 0.6) is 5.75 Å². The van der Waals surface area contributed by atoms with Gasteiger partial charge in [0.15, 0.2) is 5.17 Å². The molecule has 0 spiro atoms. The van der Waals surface area contributed by atoms with Gasteiger partial charge < -0.3 is 10.5 Å². The molecule has 8 heteroatoms. The van der Waals surface area contributed by atoms with Crippen molar-refractivity contribution in [3.8, 4) is 5.75 Å². The molecule has 1 atom stereocenters. The number of imide groups is 1. The molecular formula is C20H20N4O3S. The van der Waals surface area contributed by atoms with Gasteiger partial charge in [0.2, 0.25) is 11.8 Å². The van der Waals surface area contributed by atoms with E-state index in [0.29, 0.717) is 17.1 Å². The average Bonchev–Trinajstić information content (AvgIpc) is 2.99. The Morgan fingerprint density at radius 2 is 1.79 bits per heavy atom. The monoisotopic (exact) mass is 396 g/mol. The first kappa shape index (κ1) is 19.6. The molecule has 2 N–H and O–H groups in total. The van der Waals surface area contributed by atoms with Gasteiger partial charge in [-0.2, -0.15) is 5.10 Å². The van der Waals surface area contributed by atoms with Gasteiger partial charge in [0.25, 0.3) is 0 Å². The van der Waals surface area contributed by atoms with Crippen LogP contribution in [-0.2, 0) is 9.59 Å². The number of nitrogens with zero attached hydrogens (tertiary/aromatic N) is 3. The van der Waals surface area contributed by atoms with Gasteiger partial charge in [0.1, 0.15) is 11.0 Å². The van der Waals surface area contributed by atoms with E-state index in [9.17, 15) is 9.59 Å². The number of amides is 2. The first-order valence-corrected chi connectivity index (χ1v) is 9.48. The molecule has 0 radical (unpaired) electrons. The van der Waals surface area contributed by atoms with Crippen molar-refractivity contribution in [1.29, 1.82) is 0 Å². The molecule has 2 amide bonds. The Morgan fingerprint density at radius 1 is 1.11 bits per heavy atom. The Morgan fingerprint density at radius 3 is 2.43 bits per heavy atom. The average molecular weight is 396 g/mol. The number of hydrogen-bond acceptors (Lipinski definition) is 6. The maximum Gasteiger partial charge on any atom is 0.247 e. The van der Waals surface area contributed by atoms with Crippen LogP contribution in [0.3, 0.4) is 0 Å². The Labute approximate surface area is 167 Å². The van der Waals surface area contributed by atoms with Crippen molar-refractivity contribution in [3.63, 3.8) is 0 Å². The smallest absolute Gasteiger partial charge is 0.247 e. The number of ether oxygens (including phenoxy) is 1. The van der Waals surface area contributed by atoms with Crippen LogP contribution in [0.25, 0.3) is 0 Å². The van der Waals surface area contributed by atoms with E-state index in [2.05, 4.69) is 10.2 Å². The SMILES string of the molecule is COc1ccc(N2C(=O)C[C@H](SC(N)=N/N=C(/C)c3ccccc3)C2=O)cc1. The van der Waals surface area contributed by atoms with Crippen molar-refractivity contribution < 1.29 is 14.3 Å². The van der Waals surface area contributed by atoms with Crippen LogP contribution in [-0.4, -0.2) is 35.1 Å². The molecule has 1 saturated heterocycles. The molecule has 7 nitrogen and oxygen atoms in total. The summed E-state index contributed by atoms with van der Waals surface area (Å²) in [5.41, 5.74) is 8.06. The van der Waals surface area contributed by atoms with Crippen molar-refractivity contribution >= 4 is 40.1 Å². The summed E-state index contributed by atoms with van der Waals surface area (Å²) in [5.74, 6) is 0.0586. The van der Waals surface area contributed by atoms with Crippen LogP contribution in [0.1, 0.15) is 18.9 Å². The molecule has 1 aliphatic rings. The summed E-state index contributed by atoms with van der Waals surface area (Å²) >= 11 is 1.05. The fourth-order valence-electron chi connectivity index (χ4n) is 2.73. The Kier molecular flexibility index (Phi) is 6.10. The number of carbonyl (C=O) groups excluding carboxylic acids is 2. The number of methoxy groups -OCH3 is 1. The number of benzene rings is 2. The second-order valence-electron chi connectivity index (χ2n) is 6.07. The first-order chi connectivity index (χ1) is 13.5. The lowest BCUT2D eigenvalue weighted by molar-refractivity contribution is -0.121. The van der Waals surface area contributed by atoms with Crippen molar-refractivity contribution in [2.24, 2.45) is 15.9 Å². The predicted octanol–water partition coefficient (Wildman–Crippen LogP) is 2.80. The molecular weight excluding hydrogens is 376 g/mol. The van der Waals surface area contributed by atoms with E-state index >= 15 is 0 Å². The maximum atomic E-state index is 12.7. The van der Waals surface area contributed by atoms with E-state index in [1.54, 1.807) is 31.4 Å². The second kappa shape index (κ2) is 8.71. The third-order valence-electron chi connectivity index (χ3n) is 4.19. The third kappa shape index (κ3) is 4.40. The number of nitrogens with two attached hydrogens (primary N) is 1. The molecule has 144 valence electrons. The van der Waals surface area contributed by atoms with Crippen LogP contribution in [0, 0.1) is 0 Å². The summed E-state index contributed by atoms with van der Waals surface area (Å²) in [6.45, 7) is 1.83. The lowest BCUT2D eigenvalue weighted by Gasteiger charge is -2.15. The molecule has 28 heavy (non-hydrogen) atoms. The van der Waals surface area contributed by atoms with E-state index in [1.165, 1.54) is 4.90 Å². The molecule has 1 aliphatic heterocycles. The van der Waals surface area contributed by atoms with Crippen LogP contribution >= 0.6 is 11.8 Å². The lowest BCUT2D eigenvalue weighted by Crippen LogP contribution is -2.31. The summed E-state index contributed by atoms with van der Waals surface area (Å²) in [7, 11) is 1.55. The summed E-state index contributed by atoms with van der Waals surface area (Å²) < 4.78 is 5.10. The summed E-state index contributed by atoms with van der Waals surface area (Å²) in [6.07, 6.45) is 0.0626. The fraction of sp³-hybridized carbons (Fsp3) is 0.200. The molecule has 2 aromatic carbocycles. The summed E-state index contributed by atoms with van der Waals surface area (Å²) in [4.78, 5) is 26.2. The highest BCUT2D eigenvalue weighted by Crippen LogP contribution is 2.30. The summed E-state index contributed by atoms with van der Waals surface area (Å²) in [5, 5.41) is 7.62. The van der Waals surface area contributed by atoms with Gasteiger partial charge in [-0.25, -0.2) is 4.90 Å². The highest BCUT2D eigenvalue weighted by atomic mass is 32.2. The molecule has 3 rings (SSSR count). The normalized spacial score (nSPS) is 17.9. The number of hydrogen-bond donors (Lipinski definition) is 1. The zero-order valence-electron chi connectivity index (χ0n) is 15.5. The van der Waals surface area contributed by atoms with Gasteiger partial charge in [0, 0.05) is 6.42 Å². The lowest BCUT2D eigenvalue weighted by atomic mass is 10.1. The molecule has 0 bridgehead atoms. The van der Waals surface area contributed by atoms with Crippen LogP contribution in [0.2, 0.25) is 0 Å². The van der Waals surface area contributed by atoms with E-state index < -0.39 is 5.25 Å². The summed E-state index contributed by atoms with van der Waals surface area (Å²) in [6, 6.07) is 16.3. The van der Waals surface area contributed by atoms with Crippen molar-refractivity contribution in [2.45, 2.75) is 18.6 Å². The number of thioether (sulfide) groups is 1. The molecule has 0 aromatic heterocycles.